The SMILES string of the molecule is COc1ccc(NC(=O)c2cccc(NC(C)=O)c2)cc1C(C)C. The highest BCUT2D eigenvalue weighted by Crippen LogP contribution is 2.29. The summed E-state index contributed by atoms with van der Waals surface area (Å²) in [5.74, 6) is 0.668. The van der Waals surface area contributed by atoms with Crippen LogP contribution in [0.25, 0.3) is 0 Å². The molecule has 0 aliphatic heterocycles. The Balaban J connectivity index is 2.20. The fourth-order valence-corrected chi connectivity index (χ4v) is 2.41. The van der Waals surface area contributed by atoms with Crippen molar-refractivity contribution >= 4 is 23.2 Å². The van der Waals surface area contributed by atoms with Crippen molar-refractivity contribution in [2.45, 2.75) is 26.7 Å². The molecule has 0 heterocycles. The van der Waals surface area contributed by atoms with Crippen LogP contribution in [0.1, 0.15) is 42.6 Å². The highest BCUT2D eigenvalue weighted by molar-refractivity contribution is 6.05. The van der Waals surface area contributed by atoms with Crippen LogP contribution < -0.4 is 15.4 Å². The van der Waals surface area contributed by atoms with E-state index < -0.39 is 0 Å². The third-order valence-corrected chi connectivity index (χ3v) is 3.55. The average molecular weight is 326 g/mol. The highest BCUT2D eigenvalue weighted by atomic mass is 16.5. The molecular weight excluding hydrogens is 304 g/mol. The van der Waals surface area contributed by atoms with Crippen molar-refractivity contribution in [1.82, 2.24) is 0 Å². The molecule has 2 aromatic rings. The largest absolute Gasteiger partial charge is 0.496 e. The van der Waals surface area contributed by atoms with Gasteiger partial charge in [-0.2, -0.15) is 0 Å². The second-order valence-electron chi connectivity index (χ2n) is 5.83. The van der Waals surface area contributed by atoms with Gasteiger partial charge in [0, 0.05) is 23.9 Å². The summed E-state index contributed by atoms with van der Waals surface area (Å²) in [6.07, 6.45) is 0. The van der Waals surface area contributed by atoms with E-state index in [2.05, 4.69) is 24.5 Å². The number of benzene rings is 2. The first-order valence-corrected chi connectivity index (χ1v) is 7.77. The number of methoxy groups -OCH3 is 1. The standard InChI is InChI=1S/C19H22N2O3/c1-12(2)17-11-16(8-9-18(17)24-4)21-19(23)14-6-5-7-15(10-14)20-13(3)22/h5-12H,1-4H3,(H,20,22)(H,21,23). The van der Waals surface area contributed by atoms with E-state index in [1.54, 1.807) is 37.4 Å². The van der Waals surface area contributed by atoms with E-state index in [1.807, 2.05) is 12.1 Å². The zero-order valence-electron chi connectivity index (χ0n) is 14.3. The minimum absolute atomic E-state index is 0.177. The number of rotatable bonds is 5. The molecule has 0 radical (unpaired) electrons. The Morgan fingerprint density at radius 3 is 2.33 bits per heavy atom. The molecule has 0 atom stereocenters. The first kappa shape index (κ1) is 17.5. The van der Waals surface area contributed by atoms with Crippen LogP contribution in [0.5, 0.6) is 5.75 Å². The lowest BCUT2D eigenvalue weighted by Crippen LogP contribution is -2.13. The molecule has 2 N–H and O–H groups in total. The molecule has 0 unspecified atom stereocenters. The van der Waals surface area contributed by atoms with Gasteiger partial charge < -0.3 is 15.4 Å². The van der Waals surface area contributed by atoms with Crippen LogP contribution in [0, 0.1) is 0 Å². The molecule has 2 aromatic carbocycles. The maximum atomic E-state index is 12.4. The second kappa shape index (κ2) is 7.64. The number of anilines is 2. The van der Waals surface area contributed by atoms with Crippen LogP contribution in [0.4, 0.5) is 11.4 Å². The summed E-state index contributed by atoms with van der Waals surface area (Å²) in [7, 11) is 1.63. The summed E-state index contributed by atoms with van der Waals surface area (Å²) in [5.41, 5.74) is 2.80. The van der Waals surface area contributed by atoms with Crippen LogP contribution >= 0.6 is 0 Å². The number of carbonyl (C=O) groups excluding carboxylic acids is 2. The maximum Gasteiger partial charge on any atom is 0.255 e. The van der Waals surface area contributed by atoms with Crippen molar-refractivity contribution in [3.05, 3.63) is 53.6 Å². The number of nitrogens with one attached hydrogen (secondary N) is 2. The fourth-order valence-electron chi connectivity index (χ4n) is 2.41. The monoisotopic (exact) mass is 326 g/mol. The predicted molar refractivity (Wildman–Crippen MR) is 95.8 cm³/mol. The Kier molecular flexibility index (Phi) is 5.58. The smallest absolute Gasteiger partial charge is 0.255 e. The van der Waals surface area contributed by atoms with Gasteiger partial charge in [0.25, 0.3) is 5.91 Å². The van der Waals surface area contributed by atoms with Gasteiger partial charge in [-0.15, -0.1) is 0 Å². The molecule has 0 fully saturated rings. The average Bonchev–Trinajstić information content (AvgIpc) is 2.54. The van der Waals surface area contributed by atoms with Gasteiger partial charge in [-0.25, -0.2) is 0 Å². The summed E-state index contributed by atoms with van der Waals surface area (Å²) in [4.78, 5) is 23.6. The normalized spacial score (nSPS) is 10.4. The van der Waals surface area contributed by atoms with Crippen molar-refractivity contribution in [2.24, 2.45) is 0 Å². The molecule has 0 aromatic heterocycles. The van der Waals surface area contributed by atoms with Crippen LogP contribution in [-0.4, -0.2) is 18.9 Å². The molecule has 5 nitrogen and oxygen atoms in total. The van der Waals surface area contributed by atoms with Crippen LogP contribution in [0.2, 0.25) is 0 Å². The van der Waals surface area contributed by atoms with Gasteiger partial charge in [0.2, 0.25) is 5.91 Å². The first-order chi connectivity index (χ1) is 11.4. The van der Waals surface area contributed by atoms with Gasteiger partial charge in [0.05, 0.1) is 7.11 Å². The molecule has 0 bridgehead atoms. The Bertz CT molecular complexity index is 754. The molecule has 2 amide bonds. The number of amides is 2. The fraction of sp³-hybridized carbons (Fsp3) is 0.263. The lowest BCUT2D eigenvalue weighted by atomic mass is 10.0. The molecule has 0 aliphatic carbocycles. The van der Waals surface area contributed by atoms with E-state index in [4.69, 9.17) is 4.74 Å². The zero-order chi connectivity index (χ0) is 17.7. The first-order valence-electron chi connectivity index (χ1n) is 7.77. The molecule has 126 valence electrons. The summed E-state index contributed by atoms with van der Waals surface area (Å²) in [6.45, 7) is 5.57. The Morgan fingerprint density at radius 2 is 1.71 bits per heavy atom. The number of hydrogen-bond donors (Lipinski definition) is 2. The molecular formula is C19H22N2O3. The topological polar surface area (TPSA) is 67.4 Å². The quantitative estimate of drug-likeness (QED) is 0.871. The van der Waals surface area contributed by atoms with Crippen LogP contribution in [-0.2, 0) is 4.79 Å². The zero-order valence-corrected chi connectivity index (χ0v) is 14.3. The summed E-state index contributed by atoms with van der Waals surface area (Å²) in [5, 5.41) is 5.55. The van der Waals surface area contributed by atoms with Gasteiger partial charge >= 0.3 is 0 Å². The third-order valence-electron chi connectivity index (χ3n) is 3.55. The van der Waals surface area contributed by atoms with Crippen LogP contribution in [0.3, 0.4) is 0 Å². The Morgan fingerprint density at radius 1 is 1.00 bits per heavy atom. The molecule has 2 rings (SSSR count). The molecule has 0 spiro atoms. The lowest BCUT2D eigenvalue weighted by molar-refractivity contribution is -0.114. The molecule has 24 heavy (non-hydrogen) atoms. The van der Waals surface area contributed by atoms with Gasteiger partial charge in [-0.05, 0) is 47.9 Å². The molecule has 0 saturated carbocycles. The summed E-state index contributed by atoms with van der Waals surface area (Å²) >= 11 is 0. The van der Waals surface area contributed by atoms with E-state index >= 15 is 0 Å². The molecule has 5 heteroatoms. The van der Waals surface area contributed by atoms with E-state index in [0.29, 0.717) is 16.9 Å². The van der Waals surface area contributed by atoms with Crippen molar-refractivity contribution < 1.29 is 14.3 Å². The highest BCUT2D eigenvalue weighted by Gasteiger charge is 2.11. The van der Waals surface area contributed by atoms with Crippen LogP contribution in [0.15, 0.2) is 42.5 Å². The summed E-state index contributed by atoms with van der Waals surface area (Å²) < 4.78 is 5.35. The maximum absolute atomic E-state index is 12.4. The van der Waals surface area contributed by atoms with Gasteiger partial charge in [-0.1, -0.05) is 19.9 Å². The second-order valence-corrected chi connectivity index (χ2v) is 5.83. The van der Waals surface area contributed by atoms with Crippen molar-refractivity contribution in [1.29, 1.82) is 0 Å². The minimum atomic E-state index is -0.234. The van der Waals surface area contributed by atoms with Gasteiger partial charge in [-0.3, -0.25) is 9.59 Å². The number of ether oxygens (including phenoxy) is 1. The van der Waals surface area contributed by atoms with E-state index in [9.17, 15) is 9.59 Å². The number of hydrogen-bond acceptors (Lipinski definition) is 3. The summed E-state index contributed by atoms with van der Waals surface area (Å²) in [6, 6.07) is 12.4. The van der Waals surface area contributed by atoms with Crippen molar-refractivity contribution in [3.63, 3.8) is 0 Å². The number of carbonyl (C=O) groups is 2. The van der Waals surface area contributed by atoms with E-state index in [-0.39, 0.29) is 17.7 Å². The van der Waals surface area contributed by atoms with Crippen molar-refractivity contribution in [3.8, 4) is 5.75 Å². The van der Waals surface area contributed by atoms with Gasteiger partial charge in [0.15, 0.2) is 0 Å². The lowest BCUT2D eigenvalue weighted by Gasteiger charge is -2.14. The third kappa shape index (κ3) is 4.35. The Labute approximate surface area is 142 Å². The van der Waals surface area contributed by atoms with Gasteiger partial charge in [0.1, 0.15) is 5.75 Å². The predicted octanol–water partition coefficient (Wildman–Crippen LogP) is 4.03. The van der Waals surface area contributed by atoms with E-state index in [1.165, 1.54) is 6.92 Å². The van der Waals surface area contributed by atoms with E-state index in [0.717, 1.165) is 11.3 Å². The molecule has 0 saturated heterocycles. The Hall–Kier alpha value is -2.82. The molecule has 0 aliphatic rings. The minimum Gasteiger partial charge on any atom is -0.496 e. The van der Waals surface area contributed by atoms with Crippen molar-refractivity contribution in [2.75, 3.05) is 17.7 Å².